The third-order valence-electron chi connectivity index (χ3n) is 2.85. The van der Waals surface area contributed by atoms with Gasteiger partial charge in [0.1, 0.15) is 11.0 Å². The van der Waals surface area contributed by atoms with Crippen LogP contribution >= 0.6 is 0 Å². The topological polar surface area (TPSA) is 61.1 Å². The molecule has 2 N–H and O–H groups in total. The lowest BCUT2D eigenvalue weighted by molar-refractivity contribution is -0.645. The molecule has 2 rings (SSSR count). The van der Waals surface area contributed by atoms with Gasteiger partial charge < -0.3 is 4.74 Å². The molecule has 0 saturated heterocycles. The Morgan fingerprint density at radius 1 is 1.47 bits per heavy atom. The van der Waals surface area contributed by atoms with Gasteiger partial charge in [-0.25, -0.2) is 13.9 Å². The Kier molecular flexibility index (Phi) is 2.99. The summed E-state index contributed by atoms with van der Waals surface area (Å²) < 4.78 is 8.42. The summed E-state index contributed by atoms with van der Waals surface area (Å²) in [5.41, 5.74) is 8.01. The molecule has 0 saturated carbocycles. The summed E-state index contributed by atoms with van der Waals surface area (Å²) >= 11 is 0. The molecular weight excluding hydrogens is 218 g/mol. The first-order chi connectivity index (χ1) is 8.19. The summed E-state index contributed by atoms with van der Waals surface area (Å²) in [6.45, 7) is 2.92. The normalized spacial score (nSPS) is 10.7. The molecule has 5 nitrogen and oxygen atoms in total. The van der Waals surface area contributed by atoms with Crippen LogP contribution in [0.15, 0.2) is 24.3 Å². The van der Waals surface area contributed by atoms with Crippen molar-refractivity contribution in [1.82, 2.24) is 4.57 Å². The van der Waals surface area contributed by atoms with E-state index in [1.807, 2.05) is 35.8 Å². The number of hydrogen-bond donors (Lipinski definition) is 1. The first-order valence-electron chi connectivity index (χ1n) is 5.52. The fraction of sp³-hybridized carbons (Fsp3) is 0.333. The van der Waals surface area contributed by atoms with Crippen molar-refractivity contribution in [2.24, 2.45) is 0 Å². The van der Waals surface area contributed by atoms with E-state index in [0.29, 0.717) is 5.95 Å². The van der Waals surface area contributed by atoms with Crippen LogP contribution in [0.5, 0.6) is 0 Å². The number of methoxy groups -OCH3 is 1. The molecule has 90 valence electrons. The van der Waals surface area contributed by atoms with Crippen LogP contribution in [0.25, 0.3) is 11.0 Å². The highest BCUT2D eigenvalue weighted by Gasteiger charge is 2.21. The maximum Gasteiger partial charge on any atom is 0.356 e. The zero-order valence-corrected chi connectivity index (χ0v) is 10.0. The third-order valence-corrected chi connectivity index (χ3v) is 2.85. The van der Waals surface area contributed by atoms with Gasteiger partial charge in [-0.15, -0.1) is 0 Å². The minimum absolute atomic E-state index is 0.135. The second-order valence-electron chi connectivity index (χ2n) is 3.75. The van der Waals surface area contributed by atoms with Gasteiger partial charge in [0.15, 0.2) is 6.54 Å². The summed E-state index contributed by atoms with van der Waals surface area (Å²) in [5, 5.41) is 0. The monoisotopic (exact) mass is 234 g/mol. The van der Waals surface area contributed by atoms with Crippen molar-refractivity contribution in [2.75, 3.05) is 12.8 Å². The number of aryl methyl sites for hydroxylation is 1. The summed E-state index contributed by atoms with van der Waals surface area (Å²) in [7, 11) is 1.37. The first kappa shape index (κ1) is 11.4. The third kappa shape index (κ3) is 1.84. The molecule has 0 bridgehead atoms. The highest BCUT2D eigenvalue weighted by Crippen LogP contribution is 2.15. The van der Waals surface area contributed by atoms with E-state index in [0.717, 1.165) is 17.6 Å². The second kappa shape index (κ2) is 4.45. The molecule has 17 heavy (non-hydrogen) atoms. The molecule has 1 aromatic heterocycles. The molecule has 0 atom stereocenters. The second-order valence-corrected chi connectivity index (χ2v) is 3.75. The van der Waals surface area contributed by atoms with Crippen LogP contribution in [0, 0.1) is 0 Å². The predicted octanol–water partition coefficient (Wildman–Crippen LogP) is 0.704. The number of nitrogens with zero attached hydrogens (tertiary/aromatic N) is 2. The summed E-state index contributed by atoms with van der Waals surface area (Å²) in [6.07, 6.45) is 0. The number of imidazole rings is 1. The van der Waals surface area contributed by atoms with Crippen LogP contribution in [0.1, 0.15) is 6.92 Å². The number of anilines is 1. The maximum absolute atomic E-state index is 11.4. The van der Waals surface area contributed by atoms with Crippen molar-refractivity contribution in [3.63, 3.8) is 0 Å². The number of hydrogen-bond acceptors (Lipinski definition) is 3. The van der Waals surface area contributed by atoms with E-state index >= 15 is 0 Å². The molecule has 1 aromatic carbocycles. The molecule has 0 aliphatic carbocycles. The average molecular weight is 234 g/mol. The van der Waals surface area contributed by atoms with E-state index in [1.165, 1.54) is 7.11 Å². The molecule has 2 aromatic rings. The Morgan fingerprint density at radius 3 is 2.82 bits per heavy atom. The lowest BCUT2D eigenvalue weighted by Crippen LogP contribution is -2.40. The van der Waals surface area contributed by atoms with Crippen molar-refractivity contribution < 1.29 is 14.1 Å². The van der Waals surface area contributed by atoms with Gasteiger partial charge >= 0.3 is 11.9 Å². The molecule has 0 unspecified atom stereocenters. The maximum atomic E-state index is 11.4. The van der Waals surface area contributed by atoms with Gasteiger partial charge in [-0.05, 0) is 19.1 Å². The highest BCUT2D eigenvalue weighted by atomic mass is 16.5. The molecule has 5 heteroatoms. The number of para-hydroxylation sites is 2. The highest BCUT2D eigenvalue weighted by molar-refractivity contribution is 5.75. The largest absolute Gasteiger partial charge is 0.467 e. The zero-order valence-electron chi connectivity index (χ0n) is 10.0. The SMILES string of the molecule is CCn1c(N)[n+](CC(=O)OC)c2ccccc21. The van der Waals surface area contributed by atoms with Crippen molar-refractivity contribution in [1.29, 1.82) is 0 Å². The van der Waals surface area contributed by atoms with E-state index in [-0.39, 0.29) is 12.5 Å². The van der Waals surface area contributed by atoms with Crippen LogP contribution in [0.3, 0.4) is 0 Å². The van der Waals surface area contributed by atoms with Crippen molar-refractivity contribution in [2.45, 2.75) is 20.0 Å². The summed E-state index contributed by atoms with van der Waals surface area (Å²) in [5.74, 6) is 0.264. The van der Waals surface area contributed by atoms with E-state index in [2.05, 4.69) is 4.74 Å². The number of carbonyl (C=O) groups excluding carboxylic acids is 1. The van der Waals surface area contributed by atoms with Gasteiger partial charge in [-0.3, -0.25) is 5.73 Å². The van der Waals surface area contributed by atoms with Gasteiger partial charge in [-0.1, -0.05) is 12.1 Å². The fourth-order valence-electron chi connectivity index (χ4n) is 2.01. The first-order valence-corrected chi connectivity index (χ1v) is 5.52. The van der Waals surface area contributed by atoms with Gasteiger partial charge in [0, 0.05) is 0 Å². The van der Waals surface area contributed by atoms with Crippen LogP contribution < -0.4 is 10.3 Å². The van der Waals surface area contributed by atoms with Gasteiger partial charge in [-0.2, -0.15) is 0 Å². The summed E-state index contributed by atoms with van der Waals surface area (Å²) in [4.78, 5) is 11.4. The number of rotatable bonds is 3. The number of nitrogen functional groups attached to an aromatic ring is 1. The quantitative estimate of drug-likeness (QED) is 0.628. The Balaban J connectivity index is 2.61. The summed E-state index contributed by atoms with van der Waals surface area (Å²) in [6, 6.07) is 7.82. The van der Waals surface area contributed by atoms with Crippen LogP contribution in [0.4, 0.5) is 5.95 Å². The number of esters is 1. The van der Waals surface area contributed by atoms with Gasteiger partial charge in [0.05, 0.1) is 13.7 Å². The Labute approximate surface area is 99.4 Å². The Morgan fingerprint density at radius 2 is 2.18 bits per heavy atom. The number of aromatic nitrogens is 2. The predicted molar refractivity (Wildman–Crippen MR) is 64.2 cm³/mol. The number of carbonyl (C=O) groups is 1. The van der Waals surface area contributed by atoms with Crippen LogP contribution in [-0.2, 0) is 22.6 Å². The number of nitrogens with two attached hydrogens (primary N) is 1. The van der Waals surface area contributed by atoms with E-state index < -0.39 is 0 Å². The Bertz CT molecular complexity index is 560. The van der Waals surface area contributed by atoms with E-state index in [1.54, 1.807) is 4.57 Å². The van der Waals surface area contributed by atoms with Crippen LogP contribution in [0.2, 0.25) is 0 Å². The van der Waals surface area contributed by atoms with Crippen molar-refractivity contribution >= 4 is 23.0 Å². The van der Waals surface area contributed by atoms with E-state index in [9.17, 15) is 4.79 Å². The minimum Gasteiger partial charge on any atom is -0.467 e. The molecule has 0 fully saturated rings. The molecular formula is C12H16N3O2+. The standard InChI is InChI=1S/C12H15N3O2/c1-3-14-9-6-4-5-7-10(9)15(12(14)13)8-11(16)17-2/h4-7,13H,3,8H2,1-2H3/p+1. The molecule has 0 aliphatic heterocycles. The fourth-order valence-corrected chi connectivity index (χ4v) is 2.01. The van der Waals surface area contributed by atoms with Gasteiger partial charge in [0.25, 0.3) is 0 Å². The average Bonchev–Trinajstić information content (AvgIpc) is 2.62. The molecule has 1 heterocycles. The molecule has 0 radical (unpaired) electrons. The molecule has 0 amide bonds. The van der Waals surface area contributed by atoms with Crippen molar-refractivity contribution in [3.05, 3.63) is 24.3 Å². The number of ether oxygens (including phenoxy) is 1. The van der Waals surface area contributed by atoms with Crippen molar-refractivity contribution in [3.8, 4) is 0 Å². The lowest BCUT2D eigenvalue weighted by Gasteiger charge is -1.99. The van der Waals surface area contributed by atoms with E-state index in [4.69, 9.17) is 5.73 Å². The Hall–Kier alpha value is -2.04. The number of fused-ring (bicyclic) bond motifs is 1. The molecule has 0 aliphatic rings. The smallest absolute Gasteiger partial charge is 0.356 e. The lowest BCUT2D eigenvalue weighted by atomic mass is 10.3. The van der Waals surface area contributed by atoms with Gasteiger partial charge in [0.2, 0.25) is 0 Å². The van der Waals surface area contributed by atoms with Crippen LogP contribution in [-0.4, -0.2) is 17.6 Å². The minimum atomic E-state index is -0.305. The molecule has 0 spiro atoms. The zero-order chi connectivity index (χ0) is 12.4. The number of benzene rings is 1.